The zero-order valence-corrected chi connectivity index (χ0v) is 15.2. The Kier molecular flexibility index (Phi) is 4.88. The van der Waals surface area contributed by atoms with Crippen molar-refractivity contribution in [2.45, 2.75) is 12.5 Å². The van der Waals surface area contributed by atoms with Crippen LogP contribution in [0.4, 0.5) is 11.5 Å². The molecule has 2 aromatic rings. The summed E-state index contributed by atoms with van der Waals surface area (Å²) in [7, 11) is 0. The van der Waals surface area contributed by atoms with Gasteiger partial charge in [-0.05, 0) is 12.1 Å². The third-order valence-corrected chi connectivity index (χ3v) is 4.94. The number of benzene rings is 1. The van der Waals surface area contributed by atoms with Crippen molar-refractivity contribution in [1.29, 1.82) is 0 Å². The monoisotopic (exact) mass is 380 g/mol. The zero-order chi connectivity index (χ0) is 19.5. The predicted molar refractivity (Wildman–Crippen MR) is 102 cm³/mol. The number of amides is 3. The molecule has 144 valence electrons. The minimum absolute atomic E-state index is 0.0727. The molecule has 0 spiro atoms. The van der Waals surface area contributed by atoms with E-state index in [0.717, 1.165) is 5.82 Å². The number of hydrogen-bond acceptors (Lipinski definition) is 6. The van der Waals surface area contributed by atoms with Crippen LogP contribution in [0.1, 0.15) is 16.8 Å². The summed E-state index contributed by atoms with van der Waals surface area (Å²) in [6.45, 7) is 2.33. The van der Waals surface area contributed by atoms with Gasteiger partial charge in [0.2, 0.25) is 11.8 Å². The van der Waals surface area contributed by atoms with Gasteiger partial charge in [0.05, 0.1) is 23.9 Å². The lowest BCUT2D eigenvalue weighted by atomic mass is 10.1. The first-order valence-electron chi connectivity index (χ1n) is 9.11. The quantitative estimate of drug-likeness (QED) is 0.791. The summed E-state index contributed by atoms with van der Waals surface area (Å²) in [5, 5.41) is 5.39. The molecule has 2 aliphatic heterocycles. The van der Waals surface area contributed by atoms with Gasteiger partial charge < -0.3 is 20.4 Å². The van der Waals surface area contributed by atoms with Crippen molar-refractivity contribution >= 4 is 29.2 Å². The maximum Gasteiger partial charge on any atom is 0.254 e. The molecule has 1 fully saturated rings. The van der Waals surface area contributed by atoms with Gasteiger partial charge in [-0.15, -0.1) is 0 Å². The summed E-state index contributed by atoms with van der Waals surface area (Å²) in [5.41, 5.74) is 0.848. The van der Waals surface area contributed by atoms with Gasteiger partial charge in [0, 0.05) is 38.6 Å². The smallest absolute Gasteiger partial charge is 0.254 e. The molecular formula is C19H20N6O3. The first-order chi connectivity index (χ1) is 13.6. The largest absolute Gasteiger partial charge is 0.352 e. The molecule has 1 saturated heterocycles. The first kappa shape index (κ1) is 17.9. The van der Waals surface area contributed by atoms with Crippen LogP contribution in [0.15, 0.2) is 42.9 Å². The fraction of sp³-hybridized carbons (Fsp3) is 0.316. The Bertz CT molecular complexity index is 896. The van der Waals surface area contributed by atoms with Crippen LogP contribution in [0.2, 0.25) is 0 Å². The molecule has 0 radical (unpaired) electrons. The second-order valence-electron chi connectivity index (χ2n) is 6.70. The molecule has 0 saturated carbocycles. The molecule has 2 aliphatic rings. The summed E-state index contributed by atoms with van der Waals surface area (Å²) >= 11 is 0. The lowest BCUT2D eigenvalue weighted by Gasteiger charge is -2.35. The SMILES string of the molecule is O=C1NC(CC(=O)N2CCN(c3cnccn3)CC2)C(=O)Nc2ccccc21. The van der Waals surface area contributed by atoms with E-state index in [0.29, 0.717) is 37.4 Å². The van der Waals surface area contributed by atoms with Crippen molar-refractivity contribution in [2.75, 3.05) is 36.4 Å². The van der Waals surface area contributed by atoms with Crippen LogP contribution < -0.4 is 15.5 Å². The van der Waals surface area contributed by atoms with Crippen molar-refractivity contribution in [3.05, 3.63) is 48.4 Å². The number of aromatic nitrogens is 2. The van der Waals surface area contributed by atoms with Crippen molar-refractivity contribution in [2.24, 2.45) is 0 Å². The normalized spacial score (nSPS) is 19.4. The minimum atomic E-state index is -0.898. The van der Waals surface area contributed by atoms with E-state index in [4.69, 9.17) is 0 Å². The lowest BCUT2D eigenvalue weighted by molar-refractivity contribution is -0.134. The summed E-state index contributed by atoms with van der Waals surface area (Å²) in [6, 6.07) is 5.88. The first-order valence-corrected chi connectivity index (χ1v) is 9.11. The average molecular weight is 380 g/mol. The van der Waals surface area contributed by atoms with E-state index in [1.165, 1.54) is 0 Å². The van der Waals surface area contributed by atoms with E-state index in [1.807, 2.05) is 0 Å². The molecule has 9 nitrogen and oxygen atoms in total. The van der Waals surface area contributed by atoms with Crippen molar-refractivity contribution in [3.63, 3.8) is 0 Å². The van der Waals surface area contributed by atoms with Crippen LogP contribution >= 0.6 is 0 Å². The highest BCUT2D eigenvalue weighted by atomic mass is 16.2. The highest BCUT2D eigenvalue weighted by Crippen LogP contribution is 2.19. The molecule has 2 N–H and O–H groups in total. The molecule has 9 heteroatoms. The van der Waals surface area contributed by atoms with Crippen molar-refractivity contribution in [3.8, 4) is 0 Å². The Labute approximate surface area is 161 Å². The van der Waals surface area contributed by atoms with Gasteiger partial charge in [-0.25, -0.2) is 4.98 Å². The van der Waals surface area contributed by atoms with Crippen molar-refractivity contribution in [1.82, 2.24) is 20.2 Å². The number of rotatable bonds is 3. The number of anilines is 2. The number of nitrogens with zero attached hydrogens (tertiary/aromatic N) is 4. The van der Waals surface area contributed by atoms with Gasteiger partial charge in [-0.2, -0.15) is 0 Å². The molecule has 3 amide bonds. The zero-order valence-electron chi connectivity index (χ0n) is 15.2. The van der Waals surface area contributed by atoms with Crippen LogP contribution in [-0.2, 0) is 9.59 Å². The molecule has 1 atom stereocenters. The molecule has 0 bridgehead atoms. The Morgan fingerprint density at radius 2 is 1.89 bits per heavy atom. The number of piperazine rings is 1. The molecule has 0 aliphatic carbocycles. The Hall–Kier alpha value is -3.49. The number of para-hydroxylation sites is 1. The van der Waals surface area contributed by atoms with E-state index < -0.39 is 6.04 Å². The predicted octanol–water partition coefficient (Wildman–Crippen LogP) is 0.266. The Morgan fingerprint density at radius 1 is 1.11 bits per heavy atom. The molecule has 1 aromatic heterocycles. The summed E-state index contributed by atoms with van der Waals surface area (Å²) in [4.78, 5) is 49.6. The highest BCUT2D eigenvalue weighted by molar-refractivity contribution is 6.10. The highest BCUT2D eigenvalue weighted by Gasteiger charge is 2.31. The molecule has 1 aromatic carbocycles. The molecular weight excluding hydrogens is 360 g/mol. The Balaban J connectivity index is 1.37. The molecule has 1 unspecified atom stereocenters. The summed E-state index contributed by atoms with van der Waals surface area (Å²) in [6.07, 6.45) is 4.88. The van der Waals surface area contributed by atoms with Crippen LogP contribution in [-0.4, -0.2) is 64.8 Å². The third kappa shape index (κ3) is 3.64. The standard InChI is InChI=1S/C19H20N6O3/c26-17(25-9-7-24(8-10-25)16-12-20-5-6-21-16)11-15-19(28)22-14-4-2-1-3-13(14)18(27)23-15/h1-6,12,15H,7-11H2,(H,22,28)(H,23,27). The minimum Gasteiger partial charge on any atom is -0.352 e. The number of fused-ring (bicyclic) bond motifs is 1. The van der Waals surface area contributed by atoms with Crippen LogP contribution in [0.25, 0.3) is 0 Å². The number of nitrogens with one attached hydrogen (secondary N) is 2. The van der Waals surface area contributed by atoms with E-state index in [2.05, 4.69) is 25.5 Å². The van der Waals surface area contributed by atoms with Gasteiger partial charge in [0.1, 0.15) is 11.9 Å². The Morgan fingerprint density at radius 3 is 2.64 bits per heavy atom. The van der Waals surface area contributed by atoms with E-state index >= 15 is 0 Å². The second-order valence-corrected chi connectivity index (χ2v) is 6.70. The molecule has 4 rings (SSSR count). The fourth-order valence-corrected chi connectivity index (χ4v) is 3.40. The maximum absolute atomic E-state index is 12.7. The van der Waals surface area contributed by atoms with Crippen molar-refractivity contribution < 1.29 is 14.4 Å². The third-order valence-electron chi connectivity index (χ3n) is 4.94. The number of carbonyl (C=O) groups is 3. The second kappa shape index (κ2) is 7.63. The van der Waals surface area contributed by atoms with Crippen LogP contribution in [0, 0.1) is 0 Å². The fourth-order valence-electron chi connectivity index (χ4n) is 3.40. The van der Waals surface area contributed by atoms with Gasteiger partial charge in [0.25, 0.3) is 5.91 Å². The van der Waals surface area contributed by atoms with Gasteiger partial charge in [-0.1, -0.05) is 12.1 Å². The van der Waals surface area contributed by atoms with Gasteiger partial charge in [0.15, 0.2) is 0 Å². The average Bonchev–Trinajstić information content (AvgIpc) is 2.85. The number of hydrogen-bond donors (Lipinski definition) is 2. The molecule has 28 heavy (non-hydrogen) atoms. The molecule has 3 heterocycles. The summed E-state index contributed by atoms with van der Waals surface area (Å²) in [5.74, 6) is -0.128. The van der Waals surface area contributed by atoms with Crippen LogP contribution in [0.3, 0.4) is 0 Å². The van der Waals surface area contributed by atoms with Crippen LogP contribution in [0.5, 0.6) is 0 Å². The maximum atomic E-state index is 12.7. The van der Waals surface area contributed by atoms with E-state index in [9.17, 15) is 14.4 Å². The lowest BCUT2D eigenvalue weighted by Crippen LogP contribution is -2.51. The summed E-state index contributed by atoms with van der Waals surface area (Å²) < 4.78 is 0. The van der Waals surface area contributed by atoms with Gasteiger partial charge >= 0.3 is 0 Å². The van der Waals surface area contributed by atoms with E-state index in [1.54, 1.807) is 47.8 Å². The van der Waals surface area contributed by atoms with Gasteiger partial charge in [-0.3, -0.25) is 19.4 Å². The number of carbonyl (C=O) groups excluding carboxylic acids is 3. The topological polar surface area (TPSA) is 108 Å². The van der Waals surface area contributed by atoms with E-state index in [-0.39, 0.29) is 24.1 Å².